The number of hydrogen-bond acceptors (Lipinski definition) is 6. The van der Waals surface area contributed by atoms with E-state index in [1.807, 2.05) is 0 Å². The number of halogens is 2. The quantitative estimate of drug-likeness (QED) is 0.591. The number of aromatic nitrogens is 2. The molecule has 8 nitrogen and oxygen atoms in total. The van der Waals surface area contributed by atoms with Gasteiger partial charge in [0.25, 0.3) is 5.56 Å². The van der Waals surface area contributed by atoms with Gasteiger partial charge < -0.3 is 15.1 Å². The standard InChI is InChI=1S/C10H13F2N3O5/c1-14(19)7-5(3-16)20-9(6(7)12)15-2-4(11)8(17)13-10(15)18/h2,5-7,9,16,19H,3H2,1H3,(H,13,17,18)/t5-,6+,7-,9?/m1/s1. The summed E-state index contributed by atoms with van der Waals surface area (Å²) >= 11 is 0. The zero-order valence-corrected chi connectivity index (χ0v) is 10.4. The summed E-state index contributed by atoms with van der Waals surface area (Å²) in [5.41, 5.74) is -2.28. The number of hydrogen-bond donors (Lipinski definition) is 3. The van der Waals surface area contributed by atoms with Crippen molar-refractivity contribution in [2.75, 3.05) is 13.7 Å². The number of likely N-dealkylation sites (N-methyl/N-ethyl adjacent to an activating group) is 1. The monoisotopic (exact) mass is 293 g/mol. The first-order valence-electron chi connectivity index (χ1n) is 5.70. The molecule has 1 aliphatic rings. The third-order valence-corrected chi connectivity index (χ3v) is 3.10. The van der Waals surface area contributed by atoms with Gasteiger partial charge in [-0.15, -0.1) is 0 Å². The molecule has 1 unspecified atom stereocenters. The smallest absolute Gasteiger partial charge is 0.330 e. The highest BCUT2D eigenvalue weighted by Gasteiger charge is 2.48. The third kappa shape index (κ3) is 2.38. The Morgan fingerprint density at radius 2 is 2.20 bits per heavy atom. The van der Waals surface area contributed by atoms with E-state index >= 15 is 0 Å². The van der Waals surface area contributed by atoms with Crippen LogP contribution in [0.2, 0.25) is 0 Å². The maximum absolute atomic E-state index is 14.2. The number of aliphatic hydroxyl groups is 1. The molecule has 0 saturated carbocycles. The lowest BCUT2D eigenvalue weighted by atomic mass is 10.1. The number of H-pyrrole nitrogens is 1. The molecular formula is C10H13F2N3O5. The molecule has 0 aliphatic carbocycles. The van der Waals surface area contributed by atoms with Gasteiger partial charge in [-0.1, -0.05) is 0 Å². The Balaban J connectivity index is 2.42. The summed E-state index contributed by atoms with van der Waals surface area (Å²) in [6.45, 7) is -0.604. The normalized spacial score (nSPS) is 30.1. The topological polar surface area (TPSA) is 108 Å². The van der Waals surface area contributed by atoms with Crippen LogP contribution in [0.15, 0.2) is 15.8 Å². The van der Waals surface area contributed by atoms with Crippen LogP contribution in [-0.4, -0.2) is 56.9 Å². The van der Waals surface area contributed by atoms with Gasteiger partial charge in [-0.05, 0) is 0 Å². The van der Waals surface area contributed by atoms with Gasteiger partial charge in [-0.25, -0.2) is 9.18 Å². The largest absolute Gasteiger partial charge is 0.394 e. The Morgan fingerprint density at radius 3 is 2.70 bits per heavy atom. The van der Waals surface area contributed by atoms with E-state index in [4.69, 9.17) is 9.84 Å². The molecule has 1 aromatic heterocycles. The maximum atomic E-state index is 14.2. The Kier molecular flexibility index (Phi) is 3.99. The van der Waals surface area contributed by atoms with Gasteiger partial charge in [0.2, 0.25) is 5.82 Å². The van der Waals surface area contributed by atoms with Crippen molar-refractivity contribution >= 4 is 0 Å². The minimum Gasteiger partial charge on any atom is -0.394 e. The summed E-state index contributed by atoms with van der Waals surface area (Å²) in [5, 5.41) is 18.9. The number of hydroxylamine groups is 2. The minimum absolute atomic E-state index is 0.513. The van der Waals surface area contributed by atoms with Gasteiger partial charge >= 0.3 is 5.69 Å². The van der Waals surface area contributed by atoms with Crippen LogP contribution in [0.4, 0.5) is 8.78 Å². The lowest BCUT2D eigenvalue weighted by Gasteiger charge is -2.22. The summed E-state index contributed by atoms with van der Waals surface area (Å²) in [4.78, 5) is 24.1. The molecule has 1 aromatic rings. The molecule has 20 heavy (non-hydrogen) atoms. The van der Waals surface area contributed by atoms with Crippen LogP contribution in [0.5, 0.6) is 0 Å². The lowest BCUT2D eigenvalue weighted by molar-refractivity contribution is -0.134. The Hall–Kier alpha value is -1.62. The number of nitrogens with zero attached hydrogens (tertiary/aromatic N) is 2. The Bertz CT molecular complexity index is 601. The SMILES string of the molecule is CN(O)[C@H]1[C@H](F)C(n2cc(F)c(=O)[nH]c2=O)O[C@@H]1CO. The summed E-state index contributed by atoms with van der Waals surface area (Å²) in [6.07, 6.45) is -4.06. The van der Waals surface area contributed by atoms with Gasteiger partial charge in [0.05, 0.1) is 18.8 Å². The molecule has 2 heterocycles. The molecule has 1 aliphatic heterocycles. The fraction of sp³-hybridized carbons (Fsp3) is 0.600. The molecule has 3 N–H and O–H groups in total. The van der Waals surface area contributed by atoms with E-state index in [0.29, 0.717) is 15.8 Å². The molecular weight excluding hydrogens is 280 g/mol. The van der Waals surface area contributed by atoms with Gasteiger partial charge in [-0.3, -0.25) is 14.3 Å². The number of ether oxygens (including phenoxy) is 1. The van der Waals surface area contributed by atoms with Crippen LogP contribution in [0, 0.1) is 5.82 Å². The fourth-order valence-corrected chi connectivity index (χ4v) is 2.17. The first kappa shape index (κ1) is 14.8. The summed E-state index contributed by atoms with van der Waals surface area (Å²) < 4.78 is 33.1. The lowest BCUT2D eigenvalue weighted by Crippen LogP contribution is -2.44. The molecule has 0 bridgehead atoms. The second-order valence-electron chi connectivity index (χ2n) is 4.40. The van der Waals surface area contributed by atoms with E-state index in [-0.39, 0.29) is 0 Å². The number of rotatable bonds is 3. The van der Waals surface area contributed by atoms with E-state index in [1.54, 1.807) is 4.98 Å². The molecule has 112 valence electrons. The molecule has 4 atom stereocenters. The predicted molar refractivity (Wildman–Crippen MR) is 60.5 cm³/mol. The van der Waals surface area contributed by atoms with Crippen molar-refractivity contribution in [1.82, 2.24) is 14.6 Å². The van der Waals surface area contributed by atoms with Crippen LogP contribution in [0.3, 0.4) is 0 Å². The van der Waals surface area contributed by atoms with Crippen LogP contribution < -0.4 is 11.2 Å². The highest BCUT2D eigenvalue weighted by molar-refractivity contribution is 4.97. The first-order chi connectivity index (χ1) is 9.36. The third-order valence-electron chi connectivity index (χ3n) is 3.10. The zero-order valence-electron chi connectivity index (χ0n) is 10.4. The average molecular weight is 293 g/mol. The van der Waals surface area contributed by atoms with Crippen LogP contribution in [-0.2, 0) is 4.74 Å². The van der Waals surface area contributed by atoms with Gasteiger partial charge in [0.15, 0.2) is 12.4 Å². The first-order valence-corrected chi connectivity index (χ1v) is 5.70. The number of nitrogens with one attached hydrogen (secondary N) is 1. The molecule has 10 heteroatoms. The molecule has 0 radical (unpaired) electrons. The average Bonchev–Trinajstić information content (AvgIpc) is 2.71. The predicted octanol–water partition coefficient (Wildman–Crippen LogP) is -1.41. The summed E-state index contributed by atoms with van der Waals surface area (Å²) in [7, 11) is 1.15. The fourth-order valence-electron chi connectivity index (χ4n) is 2.17. The van der Waals surface area contributed by atoms with Crippen molar-refractivity contribution < 1.29 is 23.8 Å². The van der Waals surface area contributed by atoms with Gasteiger partial charge in [0.1, 0.15) is 6.10 Å². The van der Waals surface area contributed by atoms with E-state index in [9.17, 15) is 23.6 Å². The van der Waals surface area contributed by atoms with E-state index in [2.05, 4.69) is 0 Å². The summed E-state index contributed by atoms with van der Waals surface area (Å²) in [6, 6.07) is -1.23. The number of alkyl halides is 1. The molecule has 1 fully saturated rings. The zero-order chi connectivity index (χ0) is 15.0. The van der Waals surface area contributed by atoms with E-state index in [1.165, 1.54) is 0 Å². The van der Waals surface area contributed by atoms with E-state index < -0.39 is 48.2 Å². The number of aliphatic hydroxyl groups excluding tert-OH is 1. The molecule has 1 saturated heterocycles. The molecule has 0 spiro atoms. The van der Waals surface area contributed by atoms with Crippen LogP contribution >= 0.6 is 0 Å². The second kappa shape index (κ2) is 5.40. The highest BCUT2D eigenvalue weighted by Crippen LogP contribution is 2.32. The number of aromatic amines is 1. The second-order valence-corrected chi connectivity index (χ2v) is 4.40. The van der Waals surface area contributed by atoms with Crippen LogP contribution in [0.25, 0.3) is 0 Å². The maximum Gasteiger partial charge on any atom is 0.330 e. The Labute approximate surface area is 110 Å². The van der Waals surface area contributed by atoms with Gasteiger partial charge in [0, 0.05) is 7.05 Å². The summed E-state index contributed by atoms with van der Waals surface area (Å²) in [5.74, 6) is -1.28. The van der Waals surface area contributed by atoms with Crippen molar-refractivity contribution in [3.63, 3.8) is 0 Å². The molecule has 0 amide bonds. The van der Waals surface area contributed by atoms with Gasteiger partial charge in [-0.2, -0.15) is 9.45 Å². The van der Waals surface area contributed by atoms with Crippen molar-refractivity contribution in [2.45, 2.75) is 24.5 Å². The molecule has 2 rings (SSSR count). The van der Waals surface area contributed by atoms with Crippen molar-refractivity contribution in [3.05, 3.63) is 32.9 Å². The van der Waals surface area contributed by atoms with E-state index in [0.717, 1.165) is 7.05 Å². The van der Waals surface area contributed by atoms with Crippen molar-refractivity contribution in [1.29, 1.82) is 0 Å². The van der Waals surface area contributed by atoms with Crippen molar-refractivity contribution in [2.24, 2.45) is 0 Å². The minimum atomic E-state index is -1.91. The molecule has 0 aromatic carbocycles. The Morgan fingerprint density at radius 1 is 1.55 bits per heavy atom. The van der Waals surface area contributed by atoms with Crippen molar-refractivity contribution in [3.8, 4) is 0 Å². The van der Waals surface area contributed by atoms with Crippen LogP contribution in [0.1, 0.15) is 6.23 Å². The highest BCUT2D eigenvalue weighted by atomic mass is 19.1.